The van der Waals surface area contributed by atoms with E-state index in [-0.39, 0.29) is 5.69 Å². The SMILES string of the molecule is CNc1cc(Sc2nc(C)co2)cc([N+](=O)[O-])c1. The largest absolute Gasteiger partial charge is 0.439 e. The zero-order valence-corrected chi connectivity index (χ0v) is 10.7. The quantitative estimate of drug-likeness (QED) is 0.675. The maximum Gasteiger partial charge on any atom is 0.272 e. The minimum Gasteiger partial charge on any atom is -0.439 e. The Balaban J connectivity index is 2.32. The van der Waals surface area contributed by atoms with Gasteiger partial charge in [0.1, 0.15) is 6.26 Å². The molecule has 1 aromatic heterocycles. The van der Waals surface area contributed by atoms with Crippen LogP contribution in [0.5, 0.6) is 0 Å². The molecule has 0 atom stereocenters. The van der Waals surface area contributed by atoms with E-state index in [2.05, 4.69) is 10.3 Å². The van der Waals surface area contributed by atoms with Gasteiger partial charge in [-0.3, -0.25) is 10.1 Å². The smallest absolute Gasteiger partial charge is 0.272 e. The minimum absolute atomic E-state index is 0.0348. The Morgan fingerprint density at radius 1 is 1.44 bits per heavy atom. The average molecular weight is 265 g/mol. The summed E-state index contributed by atoms with van der Waals surface area (Å²) in [5.41, 5.74) is 1.49. The molecule has 0 saturated carbocycles. The molecule has 0 radical (unpaired) electrons. The van der Waals surface area contributed by atoms with Crippen molar-refractivity contribution >= 4 is 23.1 Å². The first kappa shape index (κ1) is 12.4. The number of aryl methyl sites for hydroxylation is 1. The van der Waals surface area contributed by atoms with E-state index in [4.69, 9.17) is 4.42 Å². The van der Waals surface area contributed by atoms with Crippen molar-refractivity contribution in [2.75, 3.05) is 12.4 Å². The third-order valence-corrected chi connectivity index (χ3v) is 3.03. The second-order valence-corrected chi connectivity index (χ2v) is 4.60. The number of anilines is 1. The number of rotatable bonds is 4. The molecular weight excluding hydrogens is 254 g/mol. The molecule has 0 spiro atoms. The summed E-state index contributed by atoms with van der Waals surface area (Å²) in [6.07, 6.45) is 1.54. The van der Waals surface area contributed by atoms with Crippen LogP contribution in [0.15, 0.2) is 39.0 Å². The van der Waals surface area contributed by atoms with Crippen molar-refractivity contribution < 1.29 is 9.34 Å². The number of hydrogen-bond acceptors (Lipinski definition) is 6. The summed E-state index contributed by atoms with van der Waals surface area (Å²) in [6.45, 7) is 1.82. The summed E-state index contributed by atoms with van der Waals surface area (Å²) in [4.78, 5) is 15.2. The number of nitro benzene ring substituents is 1. The molecule has 0 bridgehead atoms. The molecule has 0 saturated heterocycles. The Hall–Kier alpha value is -2.02. The maximum absolute atomic E-state index is 10.8. The third kappa shape index (κ3) is 2.80. The van der Waals surface area contributed by atoms with Crippen LogP contribution in [0.2, 0.25) is 0 Å². The van der Waals surface area contributed by atoms with Gasteiger partial charge in [-0.05, 0) is 24.8 Å². The van der Waals surface area contributed by atoms with Crippen LogP contribution in [-0.2, 0) is 0 Å². The molecule has 0 aliphatic heterocycles. The van der Waals surface area contributed by atoms with E-state index in [0.29, 0.717) is 15.8 Å². The van der Waals surface area contributed by atoms with Crippen LogP contribution in [0.3, 0.4) is 0 Å². The molecule has 0 fully saturated rings. The number of nitrogens with zero attached hydrogens (tertiary/aromatic N) is 2. The molecule has 1 heterocycles. The molecule has 6 nitrogen and oxygen atoms in total. The van der Waals surface area contributed by atoms with Gasteiger partial charge in [0.2, 0.25) is 0 Å². The van der Waals surface area contributed by atoms with E-state index >= 15 is 0 Å². The van der Waals surface area contributed by atoms with Crippen LogP contribution in [-0.4, -0.2) is 17.0 Å². The number of oxazole rings is 1. The lowest BCUT2D eigenvalue weighted by Crippen LogP contribution is -1.93. The van der Waals surface area contributed by atoms with Crippen LogP contribution in [0.4, 0.5) is 11.4 Å². The molecule has 1 N–H and O–H groups in total. The highest BCUT2D eigenvalue weighted by atomic mass is 32.2. The minimum atomic E-state index is -0.425. The van der Waals surface area contributed by atoms with Crippen LogP contribution in [0.1, 0.15) is 5.69 Å². The topological polar surface area (TPSA) is 81.2 Å². The number of benzene rings is 1. The van der Waals surface area contributed by atoms with E-state index in [1.54, 1.807) is 19.4 Å². The second-order valence-electron chi connectivity index (χ2n) is 3.58. The fraction of sp³-hybridized carbons (Fsp3) is 0.182. The summed E-state index contributed by atoms with van der Waals surface area (Å²) in [6, 6.07) is 4.77. The van der Waals surface area contributed by atoms with Crippen molar-refractivity contribution in [3.05, 3.63) is 40.3 Å². The molecule has 0 aliphatic carbocycles. The molecule has 2 aromatic rings. The van der Waals surface area contributed by atoms with Gasteiger partial charge < -0.3 is 9.73 Å². The standard InChI is InChI=1S/C11H11N3O3S/c1-7-6-17-11(13-7)18-10-4-8(12-2)3-9(5-10)14(15)16/h3-6,12H,1-2H3. The highest BCUT2D eigenvalue weighted by molar-refractivity contribution is 7.99. The summed E-state index contributed by atoms with van der Waals surface area (Å²) in [7, 11) is 1.71. The first-order valence-corrected chi connectivity index (χ1v) is 5.97. The lowest BCUT2D eigenvalue weighted by atomic mass is 10.3. The Kier molecular flexibility index (Phi) is 3.52. The average Bonchev–Trinajstić information content (AvgIpc) is 2.74. The predicted molar refractivity (Wildman–Crippen MR) is 68.0 cm³/mol. The summed E-state index contributed by atoms with van der Waals surface area (Å²) >= 11 is 1.25. The first-order chi connectivity index (χ1) is 8.58. The van der Waals surface area contributed by atoms with Gasteiger partial charge in [0, 0.05) is 29.8 Å². The van der Waals surface area contributed by atoms with Crippen molar-refractivity contribution in [1.29, 1.82) is 0 Å². The molecule has 7 heteroatoms. The number of aromatic nitrogens is 1. The fourth-order valence-corrected chi connectivity index (χ4v) is 2.23. The number of nitrogens with one attached hydrogen (secondary N) is 1. The van der Waals surface area contributed by atoms with Gasteiger partial charge >= 0.3 is 0 Å². The van der Waals surface area contributed by atoms with Crippen LogP contribution >= 0.6 is 11.8 Å². The Labute approximate surface area is 108 Å². The lowest BCUT2D eigenvalue weighted by Gasteiger charge is -2.03. The maximum atomic E-state index is 10.8. The molecule has 94 valence electrons. The van der Waals surface area contributed by atoms with Crippen molar-refractivity contribution in [3.8, 4) is 0 Å². The van der Waals surface area contributed by atoms with Crippen LogP contribution in [0, 0.1) is 17.0 Å². The Bertz CT molecular complexity index is 583. The van der Waals surface area contributed by atoms with Gasteiger partial charge in [-0.2, -0.15) is 0 Å². The van der Waals surface area contributed by atoms with Gasteiger partial charge in [0.05, 0.1) is 10.6 Å². The number of nitro groups is 1. The molecule has 0 aliphatic rings. The van der Waals surface area contributed by atoms with Gasteiger partial charge in [0.25, 0.3) is 10.9 Å². The molecular formula is C11H11N3O3S. The van der Waals surface area contributed by atoms with Gasteiger partial charge in [-0.1, -0.05) is 0 Å². The second kappa shape index (κ2) is 5.09. The van der Waals surface area contributed by atoms with E-state index in [0.717, 1.165) is 5.69 Å². The number of hydrogen-bond donors (Lipinski definition) is 1. The van der Waals surface area contributed by atoms with Crippen molar-refractivity contribution in [3.63, 3.8) is 0 Å². The van der Waals surface area contributed by atoms with Gasteiger partial charge in [-0.25, -0.2) is 4.98 Å². The predicted octanol–water partition coefficient (Wildman–Crippen LogP) is 3.08. The molecule has 0 amide bonds. The van der Waals surface area contributed by atoms with E-state index in [9.17, 15) is 10.1 Å². The lowest BCUT2D eigenvalue weighted by molar-refractivity contribution is -0.385. The highest BCUT2D eigenvalue weighted by Gasteiger charge is 2.12. The van der Waals surface area contributed by atoms with Crippen molar-refractivity contribution in [2.24, 2.45) is 0 Å². The Morgan fingerprint density at radius 2 is 2.22 bits per heavy atom. The van der Waals surface area contributed by atoms with E-state index in [1.165, 1.54) is 23.9 Å². The summed E-state index contributed by atoms with van der Waals surface area (Å²) in [5, 5.41) is 14.2. The van der Waals surface area contributed by atoms with Crippen molar-refractivity contribution in [2.45, 2.75) is 17.0 Å². The van der Waals surface area contributed by atoms with Crippen LogP contribution in [0.25, 0.3) is 0 Å². The van der Waals surface area contributed by atoms with Crippen molar-refractivity contribution in [1.82, 2.24) is 4.98 Å². The van der Waals surface area contributed by atoms with E-state index in [1.807, 2.05) is 6.92 Å². The third-order valence-electron chi connectivity index (χ3n) is 2.19. The summed E-state index contributed by atoms with van der Waals surface area (Å²) in [5.74, 6) is 0. The molecule has 2 rings (SSSR count). The monoisotopic (exact) mass is 265 g/mol. The summed E-state index contributed by atoms with van der Waals surface area (Å²) < 4.78 is 5.20. The normalized spacial score (nSPS) is 10.3. The van der Waals surface area contributed by atoms with E-state index < -0.39 is 4.92 Å². The highest BCUT2D eigenvalue weighted by Crippen LogP contribution is 2.32. The molecule has 0 unspecified atom stereocenters. The number of non-ortho nitro benzene ring substituents is 1. The van der Waals surface area contributed by atoms with Gasteiger partial charge in [0.15, 0.2) is 0 Å². The molecule has 18 heavy (non-hydrogen) atoms. The molecule has 1 aromatic carbocycles. The Morgan fingerprint density at radius 3 is 2.78 bits per heavy atom. The zero-order chi connectivity index (χ0) is 13.1. The zero-order valence-electron chi connectivity index (χ0n) is 9.84. The van der Waals surface area contributed by atoms with Gasteiger partial charge in [-0.15, -0.1) is 0 Å². The first-order valence-electron chi connectivity index (χ1n) is 5.15. The fourth-order valence-electron chi connectivity index (χ4n) is 1.37. The van der Waals surface area contributed by atoms with Crippen LogP contribution < -0.4 is 5.32 Å².